The van der Waals surface area contributed by atoms with Gasteiger partial charge in [-0.15, -0.1) is 0 Å². The Balaban J connectivity index is 2.20. The van der Waals surface area contributed by atoms with Crippen molar-refractivity contribution in [2.75, 3.05) is 26.3 Å². The number of nitrogens with one attached hydrogen (secondary N) is 1. The topological polar surface area (TPSA) is 62.4 Å². The van der Waals surface area contributed by atoms with Gasteiger partial charge >= 0.3 is 0 Å². The van der Waals surface area contributed by atoms with Crippen LogP contribution in [0.1, 0.15) is 10.4 Å². The second kappa shape index (κ2) is 4.27. The van der Waals surface area contributed by atoms with E-state index in [1.165, 1.54) is 18.5 Å². The fourth-order valence-electron chi connectivity index (χ4n) is 1.52. The van der Waals surface area contributed by atoms with Crippen LogP contribution in [0.5, 0.6) is 0 Å². The summed E-state index contributed by atoms with van der Waals surface area (Å²) in [6.07, 6.45) is 2.96. The fourth-order valence-corrected chi connectivity index (χ4v) is 1.52. The van der Waals surface area contributed by atoms with Gasteiger partial charge in [0.05, 0.1) is 13.2 Å². The molecule has 1 amide bonds. The third kappa shape index (κ3) is 2.07. The number of hydrogen-bond donors (Lipinski definition) is 1. The molecule has 0 aromatic carbocycles. The van der Waals surface area contributed by atoms with Crippen molar-refractivity contribution < 1.29 is 9.53 Å². The predicted molar refractivity (Wildman–Crippen MR) is 53.8 cm³/mol. The van der Waals surface area contributed by atoms with Gasteiger partial charge in [0, 0.05) is 31.5 Å². The number of nitrogens with zero attached hydrogens (tertiary/aromatic N) is 1. The molecular formula is C10H12N2O3. The number of ether oxygens (including phenoxy) is 1. The highest BCUT2D eigenvalue weighted by molar-refractivity contribution is 5.93. The van der Waals surface area contributed by atoms with Gasteiger partial charge in [-0.2, -0.15) is 0 Å². The molecular weight excluding hydrogens is 196 g/mol. The largest absolute Gasteiger partial charge is 0.378 e. The van der Waals surface area contributed by atoms with Crippen molar-refractivity contribution >= 4 is 5.91 Å². The van der Waals surface area contributed by atoms with Gasteiger partial charge in [0.1, 0.15) is 5.56 Å². The minimum Gasteiger partial charge on any atom is -0.378 e. The molecule has 1 aliphatic heterocycles. The van der Waals surface area contributed by atoms with E-state index in [2.05, 4.69) is 4.98 Å². The van der Waals surface area contributed by atoms with Crippen LogP contribution >= 0.6 is 0 Å². The minimum atomic E-state index is -0.245. The zero-order valence-corrected chi connectivity index (χ0v) is 8.23. The molecule has 0 saturated carbocycles. The van der Waals surface area contributed by atoms with Crippen molar-refractivity contribution in [3.05, 3.63) is 34.2 Å². The molecule has 0 radical (unpaired) electrons. The Morgan fingerprint density at radius 2 is 2.13 bits per heavy atom. The third-order valence-corrected chi connectivity index (χ3v) is 2.35. The Morgan fingerprint density at radius 1 is 1.40 bits per heavy atom. The summed E-state index contributed by atoms with van der Waals surface area (Å²) in [4.78, 5) is 27.7. The highest BCUT2D eigenvalue weighted by Crippen LogP contribution is 2.02. The average Bonchev–Trinajstić information content (AvgIpc) is 2.30. The summed E-state index contributed by atoms with van der Waals surface area (Å²) in [6, 6.07) is 1.35. The van der Waals surface area contributed by atoms with Crippen molar-refractivity contribution in [2.24, 2.45) is 0 Å². The summed E-state index contributed by atoms with van der Waals surface area (Å²) in [5.74, 6) is -0.222. The van der Waals surface area contributed by atoms with E-state index in [0.29, 0.717) is 26.3 Å². The van der Waals surface area contributed by atoms with Crippen LogP contribution in [0, 0.1) is 0 Å². The third-order valence-electron chi connectivity index (χ3n) is 2.35. The highest BCUT2D eigenvalue weighted by atomic mass is 16.5. The van der Waals surface area contributed by atoms with Gasteiger partial charge < -0.3 is 14.6 Å². The average molecular weight is 208 g/mol. The van der Waals surface area contributed by atoms with Crippen LogP contribution < -0.4 is 5.43 Å². The molecule has 5 heteroatoms. The molecule has 0 unspecified atom stereocenters. The smallest absolute Gasteiger partial charge is 0.259 e. The number of aromatic amines is 1. The van der Waals surface area contributed by atoms with E-state index < -0.39 is 0 Å². The Labute approximate surface area is 86.7 Å². The molecule has 1 aliphatic rings. The van der Waals surface area contributed by atoms with Crippen molar-refractivity contribution in [3.63, 3.8) is 0 Å². The molecule has 0 spiro atoms. The molecule has 1 saturated heterocycles. The zero-order chi connectivity index (χ0) is 10.7. The quantitative estimate of drug-likeness (QED) is 0.698. The van der Waals surface area contributed by atoms with E-state index >= 15 is 0 Å². The van der Waals surface area contributed by atoms with Crippen LogP contribution in [-0.4, -0.2) is 42.1 Å². The van der Waals surface area contributed by atoms with Crippen LogP contribution in [0.25, 0.3) is 0 Å². The van der Waals surface area contributed by atoms with Gasteiger partial charge in [-0.1, -0.05) is 0 Å². The maximum absolute atomic E-state index is 11.9. The van der Waals surface area contributed by atoms with E-state index in [-0.39, 0.29) is 16.9 Å². The standard InChI is InChI=1S/C10H12N2O3/c13-9-1-2-11-7-8(9)10(14)12-3-5-15-6-4-12/h1-2,7H,3-6H2,(H,11,13). The highest BCUT2D eigenvalue weighted by Gasteiger charge is 2.20. The molecule has 1 aromatic rings. The second-order valence-corrected chi connectivity index (χ2v) is 3.33. The van der Waals surface area contributed by atoms with Crippen molar-refractivity contribution in [3.8, 4) is 0 Å². The molecule has 5 nitrogen and oxygen atoms in total. The second-order valence-electron chi connectivity index (χ2n) is 3.33. The first-order valence-electron chi connectivity index (χ1n) is 4.83. The molecule has 15 heavy (non-hydrogen) atoms. The Kier molecular flexibility index (Phi) is 2.82. The molecule has 1 aromatic heterocycles. The molecule has 0 bridgehead atoms. The number of hydrogen-bond acceptors (Lipinski definition) is 3. The van der Waals surface area contributed by atoms with E-state index in [4.69, 9.17) is 4.74 Å². The number of aromatic nitrogens is 1. The number of pyridine rings is 1. The number of carbonyl (C=O) groups is 1. The number of rotatable bonds is 1. The van der Waals surface area contributed by atoms with Gasteiger partial charge in [0.25, 0.3) is 5.91 Å². The van der Waals surface area contributed by atoms with Crippen LogP contribution in [0.4, 0.5) is 0 Å². The van der Waals surface area contributed by atoms with E-state index in [9.17, 15) is 9.59 Å². The monoisotopic (exact) mass is 208 g/mol. The summed E-state index contributed by atoms with van der Waals surface area (Å²) in [5.41, 5.74) is -0.0513. The molecule has 0 aliphatic carbocycles. The zero-order valence-electron chi connectivity index (χ0n) is 8.23. The van der Waals surface area contributed by atoms with E-state index in [1.54, 1.807) is 4.90 Å². The van der Waals surface area contributed by atoms with Crippen molar-refractivity contribution in [2.45, 2.75) is 0 Å². The predicted octanol–water partition coefficient (Wildman–Crippen LogP) is -0.153. The van der Waals surface area contributed by atoms with Crippen molar-refractivity contribution in [1.29, 1.82) is 0 Å². The van der Waals surface area contributed by atoms with Crippen LogP contribution in [0.2, 0.25) is 0 Å². The normalized spacial score (nSPS) is 16.4. The van der Waals surface area contributed by atoms with Gasteiger partial charge in [0.2, 0.25) is 0 Å². The number of amides is 1. The lowest BCUT2D eigenvalue weighted by Crippen LogP contribution is -2.42. The maximum Gasteiger partial charge on any atom is 0.259 e. The van der Waals surface area contributed by atoms with Crippen LogP contribution in [-0.2, 0) is 4.74 Å². The Hall–Kier alpha value is -1.62. The van der Waals surface area contributed by atoms with Gasteiger partial charge in [0.15, 0.2) is 5.43 Å². The summed E-state index contributed by atoms with van der Waals surface area (Å²) in [6.45, 7) is 2.17. The first-order valence-corrected chi connectivity index (χ1v) is 4.83. The Bertz CT molecular complexity index is 407. The SMILES string of the molecule is O=C(c1c[nH]ccc1=O)N1CCOCC1. The first kappa shape index (κ1) is 9.92. The lowest BCUT2D eigenvalue weighted by atomic mass is 10.2. The van der Waals surface area contributed by atoms with Gasteiger partial charge in [-0.3, -0.25) is 9.59 Å². The summed E-state index contributed by atoms with van der Waals surface area (Å²) in [5, 5.41) is 0. The van der Waals surface area contributed by atoms with E-state index in [1.807, 2.05) is 0 Å². The molecule has 80 valence electrons. The molecule has 0 atom stereocenters. The lowest BCUT2D eigenvalue weighted by molar-refractivity contribution is 0.0302. The van der Waals surface area contributed by atoms with Crippen LogP contribution in [0.15, 0.2) is 23.3 Å². The number of H-pyrrole nitrogens is 1. The molecule has 1 N–H and O–H groups in total. The van der Waals surface area contributed by atoms with Gasteiger partial charge in [-0.25, -0.2) is 0 Å². The number of morpholine rings is 1. The maximum atomic E-state index is 11.9. The molecule has 1 fully saturated rings. The molecule has 2 rings (SSSR count). The van der Waals surface area contributed by atoms with Crippen LogP contribution in [0.3, 0.4) is 0 Å². The Morgan fingerprint density at radius 3 is 2.80 bits per heavy atom. The minimum absolute atomic E-state index is 0.194. The summed E-state index contributed by atoms with van der Waals surface area (Å²) >= 11 is 0. The molecule has 2 heterocycles. The number of carbonyl (C=O) groups excluding carboxylic acids is 1. The summed E-state index contributed by atoms with van der Waals surface area (Å²) in [7, 11) is 0. The van der Waals surface area contributed by atoms with Gasteiger partial charge in [-0.05, 0) is 0 Å². The fraction of sp³-hybridized carbons (Fsp3) is 0.400. The van der Waals surface area contributed by atoms with E-state index in [0.717, 1.165) is 0 Å². The lowest BCUT2D eigenvalue weighted by Gasteiger charge is -2.26. The first-order chi connectivity index (χ1) is 7.29. The summed E-state index contributed by atoms with van der Waals surface area (Å²) < 4.78 is 5.14. The van der Waals surface area contributed by atoms with Crippen molar-refractivity contribution in [1.82, 2.24) is 9.88 Å².